The molecule has 0 fully saturated rings. The molecular formula is C18H18F3NO2S. The van der Waals surface area contributed by atoms with Gasteiger partial charge in [-0.1, -0.05) is 11.8 Å². The predicted octanol–water partition coefficient (Wildman–Crippen LogP) is 4.30. The van der Waals surface area contributed by atoms with Gasteiger partial charge in [0.2, 0.25) is 0 Å². The van der Waals surface area contributed by atoms with Crippen molar-refractivity contribution in [1.29, 1.82) is 0 Å². The molecule has 7 heteroatoms. The normalized spacial score (nSPS) is 15.7. The lowest BCUT2D eigenvalue weighted by Crippen LogP contribution is -2.20. The minimum absolute atomic E-state index is 0.197. The third kappa shape index (κ3) is 3.88. The molecule has 2 N–H and O–H groups in total. The van der Waals surface area contributed by atoms with Gasteiger partial charge in [0.25, 0.3) is 0 Å². The second-order valence-corrected chi connectivity index (χ2v) is 7.22. The van der Waals surface area contributed by atoms with Crippen LogP contribution in [-0.4, -0.2) is 35.3 Å². The van der Waals surface area contributed by atoms with Gasteiger partial charge in [-0.3, -0.25) is 0 Å². The summed E-state index contributed by atoms with van der Waals surface area (Å²) in [6.07, 6.45) is -2.92. The van der Waals surface area contributed by atoms with Gasteiger partial charge >= 0.3 is 6.18 Å². The zero-order chi connectivity index (χ0) is 18.2. The molecule has 3 nitrogen and oxygen atoms in total. The number of halogens is 3. The third-order valence-electron chi connectivity index (χ3n) is 4.34. The van der Waals surface area contributed by atoms with E-state index in [4.69, 9.17) is 0 Å². The lowest BCUT2D eigenvalue weighted by Gasteiger charge is -2.15. The highest BCUT2D eigenvalue weighted by molar-refractivity contribution is 7.99. The summed E-state index contributed by atoms with van der Waals surface area (Å²) in [6.45, 7) is 1.67. The highest BCUT2D eigenvalue weighted by atomic mass is 32.2. The standard InChI is InChI=1S/C18H18F3NO2S/c1-22-8-6-11-10-15(23)16(24)17(14(11)7-9-22)25-13-4-2-12(3-5-13)18(19,20)21/h2-5,10,23-24H,6-9H2,1H3. The fraction of sp³-hybridized carbons (Fsp3) is 0.333. The van der Waals surface area contributed by atoms with Gasteiger partial charge in [-0.2, -0.15) is 13.2 Å². The van der Waals surface area contributed by atoms with Gasteiger partial charge in [-0.25, -0.2) is 0 Å². The van der Waals surface area contributed by atoms with E-state index in [1.165, 1.54) is 23.9 Å². The van der Waals surface area contributed by atoms with E-state index in [0.717, 1.165) is 42.8 Å². The van der Waals surface area contributed by atoms with Crippen molar-refractivity contribution < 1.29 is 23.4 Å². The van der Waals surface area contributed by atoms with Gasteiger partial charge in [0.1, 0.15) is 0 Å². The fourth-order valence-corrected chi connectivity index (χ4v) is 3.95. The van der Waals surface area contributed by atoms with Crippen LogP contribution in [0.3, 0.4) is 0 Å². The Balaban J connectivity index is 1.96. The van der Waals surface area contributed by atoms with E-state index in [2.05, 4.69) is 4.90 Å². The molecule has 0 unspecified atom stereocenters. The van der Waals surface area contributed by atoms with E-state index in [1.54, 1.807) is 6.07 Å². The Kier molecular flexibility index (Phi) is 4.88. The first-order valence-electron chi connectivity index (χ1n) is 7.86. The summed E-state index contributed by atoms with van der Waals surface area (Å²) in [6, 6.07) is 6.39. The Labute approximate surface area is 148 Å². The molecule has 25 heavy (non-hydrogen) atoms. The number of hydrogen-bond donors (Lipinski definition) is 2. The van der Waals surface area contributed by atoms with Gasteiger partial charge in [0.05, 0.1) is 10.5 Å². The Morgan fingerprint density at radius 3 is 2.32 bits per heavy atom. The van der Waals surface area contributed by atoms with Crippen LogP contribution in [0, 0.1) is 0 Å². The first-order chi connectivity index (χ1) is 11.8. The quantitative estimate of drug-likeness (QED) is 0.775. The van der Waals surface area contributed by atoms with Gasteiger partial charge in [-0.15, -0.1) is 0 Å². The van der Waals surface area contributed by atoms with Crippen molar-refractivity contribution in [3.63, 3.8) is 0 Å². The molecule has 0 saturated heterocycles. The Morgan fingerprint density at radius 2 is 1.68 bits per heavy atom. The number of benzene rings is 2. The number of nitrogens with zero attached hydrogens (tertiary/aromatic N) is 1. The average molecular weight is 369 g/mol. The summed E-state index contributed by atoms with van der Waals surface area (Å²) in [7, 11) is 2.01. The van der Waals surface area contributed by atoms with Crippen LogP contribution in [0.15, 0.2) is 40.1 Å². The zero-order valence-corrected chi connectivity index (χ0v) is 14.4. The second kappa shape index (κ2) is 6.80. The predicted molar refractivity (Wildman–Crippen MR) is 90.2 cm³/mol. The first-order valence-corrected chi connectivity index (χ1v) is 8.67. The smallest absolute Gasteiger partial charge is 0.416 e. The maximum Gasteiger partial charge on any atom is 0.416 e. The summed E-state index contributed by atoms with van der Waals surface area (Å²) in [5.41, 5.74) is 1.20. The molecule has 0 aromatic heterocycles. The number of phenols is 2. The molecule has 3 rings (SSSR count). The van der Waals surface area contributed by atoms with Gasteiger partial charge in [-0.05, 0) is 61.3 Å². The van der Waals surface area contributed by atoms with Gasteiger partial charge in [0.15, 0.2) is 11.5 Å². The van der Waals surface area contributed by atoms with Crippen LogP contribution in [0.4, 0.5) is 13.2 Å². The number of fused-ring (bicyclic) bond motifs is 1. The SMILES string of the molecule is CN1CCc2cc(O)c(O)c(Sc3ccc(C(F)(F)F)cc3)c2CC1. The van der Waals surface area contributed by atoms with Crippen LogP contribution >= 0.6 is 11.8 Å². The van der Waals surface area contributed by atoms with Gasteiger partial charge in [0, 0.05) is 18.0 Å². The molecule has 0 radical (unpaired) electrons. The minimum Gasteiger partial charge on any atom is -0.504 e. The number of phenolic OH excluding ortho intramolecular Hbond substituents is 2. The molecule has 134 valence electrons. The van der Waals surface area contributed by atoms with Crippen molar-refractivity contribution in [3.8, 4) is 11.5 Å². The largest absolute Gasteiger partial charge is 0.504 e. The lowest BCUT2D eigenvalue weighted by atomic mass is 10.0. The van der Waals surface area contributed by atoms with Crippen molar-refractivity contribution in [2.75, 3.05) is 20.1 Å². The summed E-state index contributed by atoms with van der Waals surface area (Å²) in [5.74, 6) is -0.411. The van der Waals surface area contributed by atoms with E-state index < -0.39 is 11.7 Å². The number of aromatic hydroxyl groups is 2. The maximum atomic E-state index is 12.7. The van der Waals surface area contributed by atoms with Crippen molar-refractivity contribution in [2.24, 2.45) is 0 Å². The zero-order valence-electron chi connectivity index (χ0n) is 13.6. The monoisotopic (exact) mass is 369 g/mol. The number of rotatable bonds is 2. The van der Waals surface area contributed by atoms with E-state index in [-0.39, 0.29) is 11.5 Å². The molecule has 0 amide bonds. The molecule has 1 heterocycles. The van der Waals surface area contributed by atoms with Crippen molar-refractivity contribution in [1.82, 2.24) is 4.90 Å². The van der Waals surface area contributed by atoms with Crippen LogP contribution in [0.5, 0.6) is 11.5 Å². The highest BCUT2D eigenvalue weighted by Crippen LogP contribution is 2.45. The molecular weight excluding hydrogens is 351 g/mol. The lowest BCUT2D eigenvalue weighted by molar-refractivity contribution is -0.137. The van der Waals surface area contributed by atoms with Crippen LogP contribution in [-0.2, 0) is 19.0 Å². The number of alkyl halides is 3. The van der Waals surface area contributed by atoms with E-state index in [1.807, 2.05) is 7.05 Å². The molecule has 2 aromatic carbocycles. The molecule has 2 aromatic rings. The summed E-state index contributed by atoms with van der Waals surface area (Å²) < 4.78 is 38.1. The van der Waals surface area contributed by atoms with Crippen LogP contribution in [0.1, 0.15) is 16.7 Å². The number of likely N-dealkylation sites (N-methyl/N-ethyl adjacent to an activating group) is 1. The van der Waals surface area contributed by atoms with E-state index in [9.17, 15) is 23.4 Å². The van der Waals surface area contributed by atoms with E-state index in [0.29, 0.717) is 16.2 Å². The van der Waals surface area contributed by atoms with E-state index >= 15 is 0 Å². The molecule has 1 aliphatic rings. The second-order valence-electron chi connectivity index (χ2n) is 6.14. The minimum atomic E-state index is -4.38. The topological polar surface area (TPSA) is 43.7 Å². The molecule has 0 atom stereocenters. The molecule has 0 saturated carbocycles. The van der Waals surface area contributed by atoms with Gasteiger partial charge < -0.3 is 15.1 Å². The highest BCUT2D eigenvalue weighted by Gasteiger charge is 2.30. The van der Waals surface area contributed by atoms with Crippen LogP contribution < -0.4 is 0 Å². The van der Waals surface area contributed by atoms with Crippen molar-refractivity contribution >= 4 is 11.8 Å². The third-order valence-corrected chi connectivity index (χ3v) is 5.49. The van der Waals surface area contributed by atoms with Crippen molar-refractivity contribution in [2.45, 2.75) is 28.8 Å². The Morgan fingerprint density at radius 1 is 1.04 bits per heavy atom. The molecule has 1 aliphatic heterocycles. The summed E-state index contributed by atoms with van der Waals surface area (Å²) in [5, 5.41) is 20.3. The van der Waals surface area contributed by atoms with Crippen LogP contribution in [0.25, 0.3) is 0 Å². The summed E-state index contributed by atoms with van der Waals surface area (Å²) in [4.78, 5) is 3.26. The fourth-order valence-electron chi connectivity index (χ4n) is 2.89. The Bertz CT molecular complexity index is 775. The van der Waals surface area contributed by atoms with Crippen molar-refractivity contribution in [3.05, 3.63) is 47.0 Å². The average Bonchev–Trinajstić information content (AvgIpc) is 2.73. The molecule has 0 bridgehead atoms. The van der Waals surface area contributed by atoms with Crippen LogP contribution in [0.2, 0.25) is 0 Å². The summed E-state index contributed by atoms with van der Waals surface area (Å²) >= 11 is 1.18. The maximum absolute atomic E-state index is 12.7. The Hall–Kier alpha value is -1.86. The molecule has 0 spiro atoms. The number of hydrogen-bond acceptors (Lipinski definition) is 4. The molecule has 0 aliphatic carbocycles. The first kappa shape index (κ1) is 17.9.